The van der Waals surface area contributed by atoms with Gasteiger partial charge < -0.3 is 11.1 Å². The van der Waals surface area contributed by atoms with Gasteiger partial charge in [0.2, 0.25) is 0 Å². The first kappa shape index (κ1) is 10.6. The highest BCUT2D eigenvalue weighted by Crippen LogP contribution is 2.02. The largest absolute Gasteiger partial charge is 0.370 e. The normalized spacial score (nSPS) is 12.1. The van der Waals surface area contributed by atoms with Crippen molar-refractivity contribution in [3.8, 4) is 0 Å². The number of aryl methyl sites for hydroxylation is 1. The van der Waals surface area contributed by atoms with E-state index in [1.165, 1.54) is 0 Å². The van der Waals surface area contributed by atoms with Gasteiger partial charge >= 0.3 is 0 Å². The molecule has 0 aliphatic heterocycles. The van der Waals surface area contributed by atoms with Crippen molar-refractivity contribution in [3.05, 3.63) is 12.4 Å². The molecule has 1 heterocycles. The van der Waals surface area contributed by atoms with Gasteiger partial charge in [-0.25, -0.2) is 0 Å². The van der Waals surface area contributed by atoms with E-state index in [0.29, 0.717) is 11.9 Å². The van der Waals surface area contributed by atoms with Gasteiger partial charge in [0.05, 0.1) is 11.9 Å². The van der Waals surface area contributed by atoms with E-state index >= 15 is 0 Å². The molecule has 1 aromatic rings. The number of anilines is 1. The van der Waals surface area contributed by atoms with Crippen molar-refractivity contribution >= 4 is 11.6 Å². The molecule has 0 atom stereocenters. The molecule has 5 heteroatoms. The van der Waals surface area contributed by atoms with Crippen molar-refractivity contribution in [2.24, 2.45) is 23.7 Å². The maximum Gasteiger partial charge on any atom is 0.193 e. The number of rotatable bonds is 3. The Bertz CT molecular complexity index is 313. The highest BCUT2D eigenvalue weighted by molar-refractivity contribution is 5.91. The second kappa shape index (κ2) is 4.64. The molecule has 0 saturated heterocycles. The lowest BCUT2D eigenvalue weighted by molar-refractivity contribution is 0.665. The molecule has 3 N–H and O–H groups in total. The van der Waals surface area contributed by atoms with E-state index in [2.05, 4.69) is 29.3 Å². The summed E-state index contributed by atoms with van der Waals surface area (Å²) in [4.78, 5) is 4.17. The highest BCUT2D eigenvalue weighted by atomic mass is 15.3. The van der Waals surface area contributed by atoms with Crippen molar-refractivity contribution in [3.63, 3.8) is 0 Å². The summed E-state index contributed by atoms with van der Waals surface area (Å²) in [6, 6.07) is 0. The Morgan fingerprint density at radius 2 is 2.43 bits per heavy atom. The van der Waals surface area contributed by atoms with Crippen LogP contribution < -0.4 is 11.1 Å². The summed E-state index contributed by atoms with van der Waals surface area (Å²) in [5.41, 5.74) is 6.52. The summed E-state index contributed by atoms with van der Waals surface area (Å²) in [5, 5.41) is 6.97. The lowest BCUT2D eigenvalue weighted by Gasteiger charge is -2.03. The Morgan fingerprint density at radius 3 is 2.93 bits per heavy atom. The third kappa shape index (κ3) is 3.47. The molecular formula is C9H17N5. The molecule has 0 bridgehead atoms. The molecule has 0 aromatic carbocycles. The Kier molecular flexibility index (Phi) is 3.50. The maximum absolute atomic E-state index is 5.67. The first-order valence-electron chi connectivity index (χ1n) is 4.63. The van der Waals surface area contributed by atoms with Gasteiger partial charge in [0.1, 0.15) is 0 Å². The number of nitrogens with two attached hydrogens (primary N) is 1. The van der Waals surface area contributed by atoms with Gasteiger partial charge in [0.15, 0.2) is 5.96 Å². The highest BCUT2D eigenvalue weighted by Gasteiger charge is 1.97. The lowest BCUT2D eigenvalue weighted by atomic mass is 10.2. The number of aromatic nitrogens is 2. The van der Waals surface area contributed by atoms with Crippen LogP contribution in [-0.2, 0) is 7.05 Å². The van der Waals surface area contributed by atoms with Crippen molar-refractivity contribution in [1.29, 1.82) is 0 Å². The van der Waals surface area contributed by atoms with Crippen molar-refractivity contribution in [2.75, 3.05) is 11.9 Å². The quantitative estimate of drug-likeness (QED) is 0.554. The van der Waals surface area contributed by atoms with Crippen LogP contribution in [0.5, 0.6) is 0 Å². The van der Waals surface area contributed by atoms with E-state index in [1.54, 1.807) is 10.9 Å². The number of nitrogens with one attached hydrogen (secondary N) is 1. The molecule has 78 valence electrons. The fraction of sp³-hybridized carbons (Fsp3) is 0.556. The molecule has 0 radical (unpaired) electrons. The van der Waals surface area contributed by atoms with Crippen LogP contribution in [0.2, 0.25) is 0 Å². The molecule has 1 aromatic heterocycles. The zero-order chi connectivity index (χ0) is 10.6. The maximum atomic E-state index is 5.67. The van der Waals surface area contributed by atoms with E-state index in [-0.39, 0.29) is 0 Å². The minimum absolute atomic E-state index is 0.437. The van der Waals surface area contributed by atoms with Gasteiger partial charge in [0, 0.05) is 19.8 Å². The molecule has 5 nitrogen and oxygen atoms in total. The average molecular weight is 195 g/mol. The van der Waals surface area contributed by atoms with Crippen LogP contribution >= 0.6 is 0 Å². The van der Waals surface area contributed by atoms with E-state index in [4.69, 9.17) is 5.73 Å². The van der Waals surface area contributed by atoms with Gasteiger partial charge in [-0.1, -0.05) is 13.8 Å². The summed E-state index contributed by atoms with van der Waals surface area (Å²) >= 11 is 0. The smallest absolute Gasteiger partial charge is 0.193 e. The van der Waals surface area contributed by atoms with E-state index in [0.717, 1.165) is 12.2 Å². The molecule has 1 rings (SSSR count). The fourth-order valence-corrected chi connectivity index (χ4v) is 0.954. The Morgan fingerprint density at radius 1 is 1.71 bits per heavy atom. The molecular weight excluding hydrogens is 178 g/mol. The SMILES string of the molecule is CC(C)CN=C(N)Nc1cnn(C)c1. The van der Waals surface area contributed by atoms with Crippen molar-refractivity contribution in [2.45, 2.75) is 13.8 Å². The van der Waals surface area contributed by atoms with Crippen LogP contribution in [0.15, 0.2) is 17.4 Å². The lowest BCUT2D eigenvalue weighted by Crippen LogP contribution is -2.23. The van der Waals surface area contributed by atoms with Crippen molar-refractivity contribution in [1.82, 2.24) is 9.78 Å². The van der Waals surface area contributed by atoms with Crippen LogP contribution in [0.4, 0.5) is 5.69 Å². The second-order valence-corrected chi connectivity index (χ2v) is 3.65. The zero-order valence-electron chi connectivity index (χ0n) is 8.86. The first-order chi connectivity index (χ1) is 6.58. The Hall–Kier alpha value is -1.52. The molecule has 0 aliphatic carbocycles. The summed E-state index contributed by atoms with van der Waals surface area (Å²) in [6.07, 6.45) is 3.55. The van der Waals surface area contributed by atoms with Gasteiger partial charge in [-0.2, -0.15) is 5.10 Å². The minimum Gasteiger partial charge on any atom is -0.370 e. The fourth-order valence-electron chi connectivity index (χ4n) is 0.954. The molecule has 0 unspecified atom stereocenters. The summed E-state index contributed by atoms with van der Waals surface area (Å²) in [5.74, 6) is 0.955. The number of guanidine groups is 1. The Balaban J connectivity index is 2.48. The monoisotopic (exact) mass is 195 g/mol. The third-order valence-corrected chi connectivity index (χ3v) is 1.60. The predicted molar refractivity (Wildman–Crippen MR) is 58.2 cm³/mol. The number of hydrogen-bond donors (Lipinski definition) is 2. The molecule has 0 spiro atoms. The second-order valence-electron chi connectivity index (χ2n) is 3.65. The molecule has 0 amide bonds. The number of aliphatic imine (C=N–C) groups is 1. The summed E-state index contributed by atoms with van der Waals surface area (Å²) in [7, 11) is 1.85. The van der Waals surface area contributed by atoms with Crippen LogP contribution in [0.25, 0.3) is 0 Å². The topological polar surface area (TPSA) is 68.2 Å². The number of nitrogens with zero attached hydrogens (tertiary/aromatic N) is 3. The van der Waals surface area contributed by atoms with Crippen LogP contribution in [0, 0.1) is 5.92 Å². The van der Waals surface area contributed by atoms with Gasteiger partial charge in [-0.15, -0.1) is 0 Å². The van der Waals surface area contributed by atoms with E-state index in [1.807, 2.05) is 13.2 Å². The van der Waals surface area contributed by atoms with Crippen LogP contribution in [-0.4, -0.2) is 22.3 Å². The molecule has 0 fully saturated rings. The minimum atomic E-state index is 0.437. The van der Waals surface area contributed by atoms with Gasteiger partial charge in [0.25, 0.3) is 0 Å². The first-order valence-corrected chi connectivity index (χ1v) is 4.63. The van der Waals surface area contributed by atoms with Crippen LogP contribution in [0.1, 0.15) is 13.8 Å². The predicted octanol–water partition coefficient (Wildman–Crippen LogP) is 0.803. The molecule has 0 saturated carbocycles. The van der Waals surface area contributed by atoms with Crippen molar-refractivity contribution < 1.29 is 0 Å². The van der Waals surface area contributed by atoms with Gasteiger partial charge in [-0.3, -0.25) is 9.67 Å². The standard InChI is InChI=1S/C9H17N5/c1-7(2)4-11-9(10)13-8-5-12-14(3)6-8/h5-7H,4H2,1-3H3,(H3,10,11,13). The summed E-state index contributed by atoms with van der Waals surface area (Å²) < 4.78 is 1.71. The molecule has 0 aliphatic rings. The summed E-state index contributed by atoms with van der Waals surface area (Å²) in [6.45, 7) is 4.93. The Labute approximate surface area is 84.0 Å². The van der Waals surface area contributed by atoms with Crippen LogP contribution in [0.3, 0.4) is 0 Å². The van der Waals surface area contributed by atoms with E-state index < -0.39 is 0 Å². The third-order valence-electron chi connectivity index (χ3n) is 1.60. The molecule has 14 heavy (non-hydrogen) atoms. The van der Waals surface area contributed by atoms with Gasteiger partial charge in [-0.05, 0) is 5.92 Å². The average Bonchev–Trinajstić information content (AvgIpc) is 2.48. The van der Waals surface area contributed by atoms with E-state index in [9.17, 15) is 0 Å². The zero-order valence-corrected chi connectivity index (χ0v) is 8.86. The number of hydrogen-bond acceptors (Lipinski definition) is 2.